The molecule has 0 aromatic rings. The minimum atomic E-state index is -0.914. The number of aliphatic hydroxyl groups excluding tert-OH is 4. The van der Waals surface area contributed by atoms with E-state index in [2.05, 4.69) is 26.8 Å². The standard InChI is InChI=1S/C33H60O7/c1-10-13-19(2)18-22(5)29(35)20(3)14-11-12-15-27(34)23(6)30(36)25(8)31(37)26(9)32-21(4)16-17-28(40-32)24(7)33(38)39/h11,14,18-21,23-32,34-37H,10,12-13,15-17H2,1-9H3,(H,38,39)/b14-11+,22-18+/t19-,20+,21+,23-,24+,25-,26-,27-,28-,29+,30-,31-,32+/m0/s1. The van der Waals surface area contributed by atoms with Crippen molar-refractivity contribution < 1.29 is 35.1 Å². The van der Waals surface area contributed by atoms with Crippen LogP contribution in [0.25, 0.3) is 0 Å². The van der Waals surface area contributed by atoms with Gasteiger partial charge >= 0.3 is 5.97 Å². The van der Waals surface area contributed by atoms with E-state index in [4.69, 9.17) is 4.74 Å². The smallest absolute Gasteiger partial charge is 0.308 e. The first-order valence-corrected chi connectivity index (χ1v) is 15.6. The number of rotatable bonds is 17. The van der Waals surface area contributed by atoms with Gasteiger partial charge in [-0.05, 0) is 63.4 Å². The molecule has 1 rings (SSSR count). The highest BCUT2D eigenvalue weighted by molar-refractivity contribution is 5.70. The highest BCUT2D eigenvalue weighted by Crippen LogP contribution is 2.36. The van der Waals surface area contributed by atoms with Crippen molar-refractivity contribution >= 4 is 5.97 Å². The number of hydrogen-bond donors (Lipinski definition) is 5. The second kappa shape index (κ2) is 17.6. The van der Waals surface area contributed by atoms with E-state index >= 15 is 0 Å². The predicted molar refractivity (Wildman–Crippen MR) is 161 cm³/mol. The Bertz CT molecular complexity index is 796. The van der Waals surface area contributed by atoms with E-state index in [-0.39, 0.29) is 23.9 Å². The summed E-state index contributed by atoms with van der Waals surface area (Å²) in [6, 6.07) is 0. The number of carboxylic acids is 1. The monoisotopic (exact) mass is 568 g/mol. The van der Waals surface area contributed by atoms with Crippen LogP contribution in [0, 0.1) is 41.4 Å². The molecule has 13 atom stereocenters. The van der Waals surface area contributed by atoms with E-state index in [1.165, 1.54) is 0 Å². The van der Waals surface area contributed by atoms with E-state index in [1.807, 2.05) is 32.9 Å². The number of aliphatic hydroxyl groups is 4. The molecule has 1 fully saturated rings. The first-order chi connectivity index (χ1) is 18.6. The molecular formula is C33H60O7. The lowest BCUT2D eigenvalue weighted by Gasteiger charge is -2.43. The first kappa shape index (κ1) is 36.8. The second-order valence-electron chi connectivity index (χ2n) is 12.9. The summed E-state index contributed by atoms with van der Waals surface area (Å²) in [4.78, 5) is 11.5. The number of ether oxygens (including phenoxy) is 1. The zero-order chi connectivity index (χ0) is 30.7. The van der Waals surface area contributed by atoms with Gasteiger partial charge in [0.1, 0.15) is 0 Å². The Morgan fingerprint density at radius 1 is 0.950 bits per heavy atom. The zero-order valence-electron chi connectivity index (χ0n) is 26.5. The van der Waals surface area contributed by atoms with E-state index in [0.29, 0.717) is 25.2 Å². The van der Waals surface area contributed by atoms with E-state index < -0.39 is 54.2 Å². The molecule has 40 heavy (non-hydrogen) atoms. The highest BCUT2D eigenvalue weighted by atomic mass is 16.5. The summed E-state index contributed by atoms with van der Waals surface area (Å²) in [5, 5.41) is 53.1. The van der Waals surface area contributed by atoms with E-state index in [0.717, 1.165) is 24.8 Å². The highest BCUT2D eigenvalue weighted by Gasteiger charge is 2.41. The summed E-state index contributed by atoms with van der Waals surface area (Å²) in [6.07, 6.45) is 7.17. The third-order valence-corrected chi connectivity index (χ3v) is 9.35. The third kappa shape index (κ3) is 10.9. The summed E-state index contributed by atoms with van der Waals surface area (Å²) in [7, 11) is 0. The Balaban J connectivity index is 2.66. The van der Waals surface area contributed by atoms with Crippen molar-refractivity contribution in [2.45, 2.75) is 137 Å². The van der Waals surface area contributed by atoms with Gasteiger partial charge in [0.15, 0.2) is 0 Å². The fourth-order valence-corrected chi connectivity index (χ4v) is 6.19. The van der Waals surface area contributed by atoms with Gasteiger partial charge in [0.05, 0.1) is 42.5 Å². The molecule has 0 bridgehead atoms. The van der Waals surface area contributed by atoms with Crippen molar-refractivity contribution in [3.05, 3.63) is 23.8 Å². The Kier molecular flexibility index (Phi) is 16.2. The summed E-state index contributed by atoms with van der Waals surface area (Å²) >= 11 is 0. The average molecular weight is 569 g/mol. The van der Waals surface area contributed by atoms with Crippen molar-refractivity contribution in [3.8, 4) is 0 Å². The largest absolute Gasteiger partial charge is 0.481 e. The van der Waals surface area contributed by atoms with Crippen LogP contribution < -0.4 is 0 Å². The van der Waals surface area contributed by atoms with Gasteiger partial charge in [-0.25, -0.2) is 0 Å². The number of allylic oxidation sites excluding steroid dienone is 2. The van der Waals surface area contributed by atoms with Crippen molar-refractivity contribution in [1.82, 2.24) is 0 Å². The maximum atomic E-state index is 11.5. The molecule has 0 saturated carbocycles. The molecule has 0 radical (unpaired) electrons. The van der Waals surface area contributed by atoms with Crippen LogP contribution in [0.15, 0.2) is 23.8 Å². The van der Waals surface area contributed by atoms with Crippen LogP contribution >= 0.6 is 0 Å². The fraction of sp³-hybridized carbons (Fsp3) is 0.848. The molecule has 5 N–H and O–H groups in total. The molecule has 0 aliphatic carbocycles. The van der Waals surface area contributed by atoms with E-state index in [9.17, 15) is 30.3 Å². The summed E-state index contributed by atoms with van der Waals surface area (Å²) in [5.74, 6) is -2.17. The van der Waals surface area contributed by atoms with Crippen LogP contribution in [0.4, 0.5) is 0 Å². The molecule has 7 heteroatoms. The molecule has 1 aliphatic heterocycles. The summed E-state index contributed by atoms with van der Waals surface area (Å²) in [6.45, 7) is 17.5. The molecule has 1 heterocycles. The molecule has 0 aromatic heterocycles. The normalized spacial score (nSPS) is 28.2. The van der Waals surface area contributed by atoms with Crippen LogP contribution in [0.2, 0.25) is 0 Å². The number of carbonyl (C=O) groups is 1. The van der Waals surface area contributed by atoms with E-state index in [1.54, 1.807) is 20.8 Å². The molecule has 1 aliphatic rings. The average Bonchev–Trinajstić information content (AvgIpc) is 2.92. The lowest BCUT2D eigenvalue weighted by atomic mass is 9.76. The minimum Gasteiger partial charge on any atom is -0.481 e. The molecule has 0 spiro atoms. The van der Waals surface area contributed by atoms with Gasteiger partial charge in [0.25, 0.3) is 0 Å². The number of hydrogen-bond acceptors (Lipinski definition) is 6. The van der Waals surface area contributed by atoms with Crippen molar-refractivity contribution in [1.29, 1.82) is 0 Å². The van der Waals surface area contributed by atoms with Gasteiger partial charge < -0.3 is 30.3 Å². The van der Waals surface area contributed by atoms with Crippen molar-refractivity contribution in [2.75, 3.05) is 0 Å². The molecule has 0 aromatic carbocycles. The lowest BCUT2D eigenvalue weighted by molar-refractivity contribution is -0.169. The minimum absolute atomic E-state index is 0.0376. The Morgan fingerprint density at radius 3 is 2.15 bits per heavy atom. The van der Waals surface area contributed by atoms with Crippen molar-refractivity contribution in [2.24, 2.45) is 41.4 Å². The van der Waals surface area contributed by atoms with Crippen LogP contribution in [-0.4, -0.2) is 68.1 Å². The van der Waals surface area contributed by atoms with Gasteiger partial charge in [-0.1, -0.05) is 73.1 Å². The SMILES string of the molecule is CCC[C@H](C)/C=C(\C)[C@H](O)[C@H](C)/C=C/CC[C@H](O)[C@H](C)[C@H](O)[C@H](C)[C@H](O)[C@H](C)[C@@H]1O[C@H]([C@@H](C)C(=O)O)CC[C@H]1C. The van der Waals surface area contributed by atoms with Gasteiger partial charge in [0.2, 0.25) is 0 Å². The number of carboxylic acid groups (broad SMARTS) is 1. The summed E-state index contributed by atoms with van der Waals surface area (Å²) in [5.41, 5.74) is 0.983. The maximum absolute atomic E-state index is 11.5. The first-order valence-electron chi connectivity index (χ1n) is 15.6. The lowest BCUT2D eigenvalue weighted by Crippen LogP contribution is -2.49. The third-order valence-electron chi connectivity index (χ3n) is 9.35. The predicted octanol–water partition coefficient (Wildman–Crippen LogP) is 5.60. The molecular weight excluding hydrogens is 508 g/mol. The molecule has 7 nitrogen and oxygen atoms in total. The maximum Gasteiger partial charge on any atom is 0.308 e. The Morgan fingerprint density at radius 2 is 1.57 bits per heavy atom. The zero-order valence-corrected chi connectivity index (χ0v) is 26.5. The molecule has 234 valence electrons. The van der Waals surface area contributed by atoms with Crippen LogP contribution in [0.5, 0.6) is 0 Å². The van der Waals surface area contributed by atoms with Gasteiger partial charge in [0, 0.05) is 23.7 Å². The molecule has 1 saturated heterocycles. The van der Waals surface area contributed by atoms with Gasteiger partial charge in [-0.3, -0.25) is 4.79 Å². The van der Waals surface area contributed by atoms with Crippen molar-refractivity contribution in [3.63, 3.8) is 0 Å². The second-order valence-corrected chi connectivity index (χ2v) is 12.9. The van der Waals surface area contributed by atoms with Crippen LogP contribution in [0.1, 0.15) is 101 Å². The van der Waals surface area contributed by atoms with Crippen LogP contribution in [-0.2, 0) is 9.53 Å². The van der Waals surface area contributed by atoms with Gasteiger partial charge in [-0.2, -0.15) is 0 Å². The molecule has 0 amide bonds. The van der Waals surface area contributed by atoms with Crippen LogP contribution in [0.3, 0.4) is 0 Å². The topological polar surface area (TPSA) is 127 Å². The Hall–Kier alpha value is -1.25. The summed E-state index contributed by atoms with van der Waals surface area (Å²) < 4.78 is 6.19. The molecule has 0 unspecified atom stereocenters. The van der Waals surface area contributed by atoms with Gasteiger partial charge in [-0.15, -0.1) is 0 Å². The number of aliphatic carboxylic acids is 1. The Labute approximate surface area is 243 Å². The quantitative estimate of drug-likeness (QED) is 0.145. The fourth-order valence-electron chi connectivity index (χ4n) is 6.19.